The van der Waals surface area contributed by atoms with E-state index < -0.39 is 17.8 Å². The first-order valence-electron chi connectivity index (χ1n) is 13.4. The van der Waals surface area contributed by atoms with E-state index in [1.54, 1.807) is 29.3 Å². The van der Waals surface area contributed by atoms with Crippen LogP contribution in [0.3, 0.4) is 0 Å². The topological polar surface area (TPSA) is 131 Å². The molecule has 4 heterocycles. The largest absolute Gasteiger partial charge is 0.456 e. The highest BCUT2D eigenvalue weighted by molar-refractivity contribution is 7.19. The van der Waals surface area contributed by atoms with Crippen LogP contribution in [0.15, 0.2) is 85.6 Å². The fourth-order valence-electron chi connectivity index (χ4n) is 4.33. The van der Waals surface area contributed by atoms with Crippen LogP contribution in [0.25, 0.3) is 10.4 Å². The van der Waals surface area contributed by atoms with Gasteiger partial charge in [0.15, 0.2) is 5.13 Å². The Labute approximate surface area is 257 Å². The molecule has 3 aromatic heterocycles. The van der Waals surface area contributed by atoms with Crippen molar-refractivity contribution in [2.75, 3.05) is 22.1 Å². The number of alkyl halides is 3. The monoisotopic (exact) mass is 633 g/mol. The van der Waals surface area contributed by atoms with Crippen LogP contribution in [0.1, 0.15) is 18.4 Å². The van der Waals surface area contributed by atoms with E-state index in [1.807, 2.05) is 12.1 Å². The minimum Gasteiger partial charge on any atom is -0.456 e. The Hall–Kier alpha value is -5.57. The van der Waals surface area contributed by atoms with Crippen molar-refractivity contribution >= 4 is 39.8 Å². The fraction of sp³-hybridized carbons (Fsp3) is 0.133. The minimum absolute atomic E-state index is 0.0106. The number of amides is 3. The van der Waals surface area contributed by atoms with Gasteiger partial charge in [0.2, 0.25) is 5.91 Å². The van der Waals surface area contributed by atoms with Gasteiger partial charge in [-0.25, -0.2) is 19.7 Å². The van der Waals surface area contributed by atoms with Gasteiger partial charge < -0.3 is 20.1 Å². The molecular formula is C30H22F3N7O4S. The van der Waals surface area contributed by atoms with Crippen molar-refractivity contribution in [3.05, 3.63) is 91.1 Å². The van der Waals surface area contributed by atoms with Gasteiger partial charge in [-0.3, -0.25) is 14.7 Å². The highest BCUT2D eigenvalue weighted by Gasteiger charge is 2.32. The third-order valence-electron chi connectivity index (χ3n) is 6.39. The van der Waals surface area contributed by atoms with E-state index in [4.69, 9.17) is 9.47 Å². The number of benzene rings is 2. The molecule has 228 valence electrons. The molecule has 5 aromatic rings. The van der Waals surface area contributed by atoms with Crippen LogP contribution in [0.5, 0.6) is 23.3 Å². The first-order chi connectivity index (χ1) is 21.7. The van der Waals surface area contributed by atoms with E-state index >= 15 is 0 Å². The number of ether oxygens (including phenoxy) is 2. The molecule has 1 saturated heterocycles. The zero-order valence-corrected chi connectivity index (χ0v) is 23.9. The molecule has 0 spiro atoms. The van der Waals surface area contributed by atoms with Gasteiger partial charge in [0.25, 0.3) is 0 Å². The molecule has 15 heteroatoms. The van der Waals surface area contributed by atoms with Crippen LogP contribution < -0.4 is 25.0 Å². The summed E-state index contributed by atoms with van der Waals surface area (Å²) in [6.45, 7) is 0.678. The van der Waals surface area contributed by atoms with E-state index in [0.717, 1.165) is 29.0 Å². The molecule has 1 fully saturated rings. The second kappa shape index (κ2) is 12.6. The molecule has 0 radical (unpaired) electrons. The Morgan fingerprint density at radius 3 is 2.33 bits per heavy atom. The van der Waals surface area contributed by atoms with Crippen molar-refractivity contribution in [2.24, 2.45) is 0 Å². The Balaban J connectivity index is 1.06. The number of rotatable bonds is 8. The Kier molecular flexibility index (Phi) is 8.24. The molecule has 1 aliphatic rings. The average Bonchev–Trinajstić information content (AvgIpc) is 3.68. The zero-order valence-electron chi connectivity index (χ0n) is 23.1. The van der Waals surface area contributed by atoms with Crippen LogP contribution in [-0.2, 0) is 11.0 Å². The molecular weight excluding hydrogens is 611 g/mol. The number of halogens is 3. The molecule has 1 aliphatic heterocycles. The van der Waals surface area contributed by atoms with Gasteiger partial charge in [0.05, 0.1) is 34.7 Å². The van der Waals surface area contributed by atoms with E-state index in [-0.39, 0.29) is 34.8 Å². The lowest BCUT2D eigenvalue weighted by atomic mass is 10.2. The number of pyridine rings is 1. The number of nitrogens with one attached hydrogen (secondary N) is 2. The van der Waals surface area contributed by atoms with Crippen LogP contribution >= 0.6 is 11.3 Å². The summed E-state index contributed by atoms with van der Waals surface area (Å²) in [6, 6.07) is 12.3. The van der Waals surface area contributed by atoms with Crippen LogP contribution in [0.4, 0.5) is 34.5 Å². The third kappa shape index (κ3) is 7.33. The lowest BCUT2D eigenvalue weighted by Crippen LogP contribution is -2.23. The number of carbonyl (C=O) groups is 2. The summed E-state index contributed by atoms with van der Waals surface area (Å²) >= 11 is 1.44. The predicted molar refractivity (Wildman–Crippen MR) is 160 cm³/mol. The van der Waals surface area contributed by atoms with E-state index in [1.165, 1.54) is 48.3 Å². The number of urea groups is 1. The summed E-state index contributed by atoms with van der Waals surface area (Å²) in [7, 11) is 0. The number of aromatic nitrogens is 4. The average molecular weight is 634 g/mol. The summed E-state index contributed by atoms with van der Waals surface area (Å²) in [5.41, 5.74) is -0.0794. The second-order valence-electron chi connectivity index (χ2n) is 9.65. The van der Waals surface area contributed by atoms with Gasteiger partial charge in [-0.05, 0) is 60.5 Å². The van der Waals surface area contributed by atoms with Crippen molar-refractivity contribution in [1.82, 2.24) is 19.9 Å². The molecule has 0 atom stereocenters. The number of nitrogens with zero attached hydrogens (tertiary/aromatic N) is 5. The number of carbonyl (C=O) groups excluding carboxylic acids is 2. The molecule has 6 rings (SSSR count). The van der Waals surface area contributed by atoms with Crippen LogP contribution in [-0.4, -0.2) is 38.4 Å². The van der Waals surface area contributed by atoms with Crippen molar-refractivity contribution in [3.8, 4) is 33.7 Å². The van der Waals surface area contributed by atoms with Crippen molar-refractivity contribution in [2.45, 2.75) is 19.0 Å². The van der Waals surface area contributed by atoms with Gasteiger partial charge in [0.1, 0.15) is 17.2 Å². The lowest BCUT2D eigenvalue weighted by Gasteiger charge is -2.14. The van der Waals surface area contributed by atoms with Crippen LogP contribution in [0.2, 0.25) is 0 Å². The number of hydrogen-bond acceptors (Lipinski definition) is 9. The number of thiazole rings is 1. The van der Waals surface area contributed by atoms with Crippen LogP contribution in [0, 0.1) is 0 Å². The Morgan fingerprint density at radius 1 is 0.867 bits per heavy atom. The van der Waals surface area contributed by atoms with Gasteiger partial charge >= 0.3 is 18.2 Å². The SMILES string of the molecule is O=C(Nc1cnc(Oc2ccc(-c3cnc(N4CCCC4=O)s3)cc2)nc1)Nc1cc(Oc2cccnc2)cc(C(F)(F)F)c1. The number of hydrogen-bond donors (Lipinski definition) is 2. The summed E-state index contributed by atoms with van der Waals surface area (Å²) in [6.07, 6.45) is 3.85. The van der Waals surface area contributed by atoms with E-state index in [2.05, 4.69) is 30.6 Å². The van der Waals surface area contributed by atoms with Gasteiger partial charge in [-0.2, -0.15) is 13.2 Å². The molecule has 11 nitrogen and oxygen atoms in total. The van der Waals surface area contributed by atoms with Gasteiger partial charge in [-0.15, -0.1) is 0 Å². The third-order valence-corrected chi connectivity index (χ3v) is 7.46. The highest BCUT2D eigenvalue weighted by Crippen LogP contribution is 2.36. The molecule has 2 aromatic carbocycles. The lowest BCUT2D eigenvalue weighted by molar-refractivity contribution is -0.137. The highest BCUT2D eigenvalue weighted by atomic mass is 32.1. The van der Waals surface area contributed by atoms with Gasteiger partial charge in [0, 0.05) is 37.1 Å². The van der Waals surface area contributed by atoms with E-state index in [0.29, 0.717) is 23.8 Å². The summed E-state index contributed by atoms with van der Waals surface area (Å²) in [4.78, 5) is 43.6. The summed E-state index contributed by atoms with van der Waals surface area (Å²) in [5.74, 6) is 0.637. The molecule has 0 aliphatic carbocycles. The second-order valence-corrected chi connectivity index (χ2v) is 10.7. The maximum absolute atomic E-state index is 13.5. The number of anilines is 3. The minimum atomic E-state index is -4.68. The molecule has 3 amide bonds. The molecule has 45 heavy (non-hydrogen) atoms. The maximum Gasteiger partial charge on any atom is 0.416 e. The Bertz CT molecular complexity index is 1820. The zero-order chi connectivity index (χ0) is 31.4. The first kappa shape index (κ1) is 29.5. The molecule has 0 unspecified atom stereocenters. The predicted octanol–water partition coefficient (Wildman–Crippen LogP) is 7.37. The van der Waals surface area contributed by atoms with E-state index in [9.17, 15) is 22.8 Å². The normalized spacial score (nSPS) is 13.0. The van der Waals surface area contributed by atoms with Crippen molar-refractivity contribution < 1.29 is 32.2 Å². The molecule has 2 N–H and O–H groups in total. The van der Waals surface area contributed by atoms with Gasteiger partial charge in [-0.1, -0.05) is 11.3 Å². The quantitative estimate of drug-likeness (QED) is 0.181. The summed E-state index contributed by atoms with van der Waals surface area (Å²) in [5, 5.41) is 5.51. The molecule has 0 bridgehead atoms. The summed E-state index contributed by atoms with van der Waals surface area (Å²) < 4.78 is 51.6. The van der Waals surface area contributed by atoms with Crippen molar-refractivity contribution in [3.63, 3.8) is 0 Å². The standard InChI is InChI=1S/C30H22F3N7O4S/c31-30(32,33)19-11-20(13-24(12-19)43-23-3-1-9-34-16-23)38-27(42)39-21-14-35-28(36-15-21)44-22-7-5-18(6-8-22)25-17-37-29(45-25)40-10-2-4-26(40)41/h1,3,5-9,11-17H,2,4,10H2,(H2,38,39,42). The molecule has 0 saturated carbocycles. The first-order valence-corrected chi connectivity index (χ1v) is 14.3. The fourth-order valence-corrected chi connectivity index (χ4v) is 5.30. The smallest absolute Gasteiger partial charge is 0.416 e. The van der Waals surface area contributed by atoms with Crippen molar-refractivity contribution in [1.29, 1.82) is 0 Å². The maximum atomic E-state index is 13.5. The Morgan fingerprint density at radius 2 is 1.64 bits per heavy atom.